The zero-order valence-electron chi connectivity index (χ0n) is 6.25. The summed E-state index contributed by atoms with van der Waals surface area (Å²) in [7, 11) is 0. The van der Waals surface area contributed by atoms with Gasteiger partial charge in [0.25, 0.3) is 0 Å². The van der Waals surface area contributed by atoms with E-state index in [-0.39, 0.29) is 33.5 Å². The van der Waals surface area contributed by atoms with E-state index in [2.05, 4.69) is 0 Å². The van der Waals surface area contributed by atoms with Crippen molar-refractivity contribution in [1.82, 2.24) is 0 Å². The molecule has 2 heteroatoms. The minimum absolute atomic E-state index is 0. The molecule has 0 saturated carbocycles. The third-order valence-electron chi connectivity index (χ3n) is 1.03. The molecular weight excluding hydrogens is 177 g/mol. The molecule has 0 spiro atoms. The molecular formula is C8H11OZn-. The summed E-state index contributed by atoms with van der Waals surface area (Å²) in [5.41, 5.74) is 0.965. The molecule has 52 valence electrons. The second-order valence-electron chi connectivity index (χ2n) is 1.64. The third kappa shape index (κ3) is 3.76. The summed E-state index contributed by atoms with van der Waals surface area (Å²) < 4.78 is 0. The Morgan fingerprint density at radius 2 is 1.60 bits per heavy atom. The first kappa shape index (κ1) is 12.5. The summed E-state index contributed by atoms with van der Waals surface area (Å²) >= 11 is 0. The van der Waals surface area contributed by atoms with E-state index in [0.717, 1.165) is 5.56 Å². The number of rotatable bonds is 1. The van der Waals surface area contributed by atoms with Crippen molar-refractivity contribution >= 4 is 0 Å². The summed E-state index contributed by atoms with van der Waals surface area (Å²) in [5.74, 6) is 0. The van der Waals surface area contributed by atoms with Crippen molar-refractivity contribution in [3.05, 3.63) is 43.3 Å². The Balaban J connectivity index is 0. The van der Waals surface area contributed by atoms with Crippen LogP contribution in [-0.4, -0.2) is 5.11 Å². The van der Waals surface area contributed by atoms with Gasteiger partial charge in [-0.2, -0.15) is 0 Å². The third-order valence-corrected chi connectivity index (χ3v) is 1.03. The van der Waals surface area contributed by atoms with Gasteiger partial charge in [0.2, 0.25) is 0 Å². The normalized spacial score (nSPS) is 7.30. The Bertz CT molecular complexity index is 151. The molecule has 1 nitrogen and oxygen atoms in total. The number of aliphatic hydroxyl groups excluding tert-OH is 1. The molecule has 1 N–H and O–H groups in total. The summed E-state index contributed by atoms with van der Waals surface area (Å²) in [5, 5.41) is 8.54. The number of hydrogen-bond donors (Lipinski definition) is 1. The largest absolute Gasteiger partial charge is 0.392 e. The van der Waals surface area contributed by atoms with Crippen LogP contribution in [0, 0.1) is 7.43 Å². The monoisotopic (exact) mass is 187 g/mol. The quantitative estimate of drug-likeness (QED) is 0.525. The van der Waals surface area contributed by atoms with Crippen LogP contribution in [0.1, 0.15) is 5.56 Å². The standard InChI is InChI=1S/C7H8O.CH3.Zn/c8-6-7-4-2-1-3-5-7;;/h1-5,8H,6H2;1H3;/q;-1;. The Hall–Kier alpha value is -0.197. The summed E-state index contributed by atoms with van der Waals surface area (Å²) in [6.45, 7) is 0.140. The molecule has 0 saturated heterocycles. The predicted molar refractivity (Wildman–Crippen MR) is 38.8 cm³/mol. The minimum atomic E-state index is 0. The van der Waals surface area contributed by atoms with Crippen LogP contribution in [0.15, 0.2) is 30.3 Å². The molecule has 1 aromatic rings. The van der Waals surface area contributed by atoms with Crippen LogP contribution in [0.4, 0.5) is 0 Å². The minimum Gasteiger partial charge on any atom is -0.392 e. The van der Waals surface area contributed by atoms with E-state index in [0.29, 0.717) is 0 Å². The Morgan fingerprint density at radius 1 is 1.10 bits per heavy atom. The van der Waals surface area contributed by atoms with Crippen LogP contribution in [0.5, 0.6) is 0 Å². The van der Waals surface area contributed by atoms with Crippen LogP contribution < -0.4 is 0 Å². The molecule has 0 aliphatic carbocycles. The first-order valence-electron chi connectivity index (χ1n) is 2.58. The van der Waals surface area contributed by atoms with Crippen LogP contribution in [0.2, 0.25) is 0 Å². The Kier molecular flexibility index (Phi) is 8.63. The second kappa shape index (κ2) is 6.92. The van der Waals surface area contributed by atoms with Gasteiger partial charge in [0.05, 0.1) is 6.61 Å². The van der Waals surface area contributed by atoms with Crippen molar-refractivity contribution in [1.29, 1.82) is 0 Å². The molecule has 0 bridgehead atoms. The smallest absolute Gasteiger partial charge is 0.0681 e. The van der Waals surface area contributed by atoms with Crippen LogP contribution in [0.25, 0.3) is 0 Å². The van der Waals surface area contributed by atoms with Gasteiger partial charge in [-0.25, -0.2) is 0 Å². The fourth-order valence-corrected chi connectivity index (χ4v) is 0.583. The van der Waals surface area contributed by atoms with Gasteiger partial charge >= 0.3 is 0 Å². The molecule has 0 fully saturated rings. The van der Waals surface area contributed by atoms with Crippen molar-refractivity contribution in [2.45, 2.75) is 6.61 Å². The van der Waals surface area contributed by atoms with Gasteiger partial charge in [-0.3, -0.25) is 0 Å². The van der Waals surface area contributed by atoms with Crippen molar-refractivity contribution in [3.63, 3.8) is 0 Å². The molecule has 10 heavy (non-hydrogen) atoms. The zero-order valence-corrected chi connectivity index (χ0v) is 9.22. The SMILES string of the molecule is OCc1ccccc1.[CH3-].[Zn]. The van der Waals surface area contributed by atoms with Crippen LogP contribution in [-0.2, 0) is 26.1 Å². The molecule has 0 radical (unpaired) electrons. The van der Waals surface area contributed by atoms with E-state index in [1.165, 1.54) is 0 Å². The van der Waals surface area contributed by atoms with Crippen molar-refractivity contribution in [2.75, 3.05) is 0 Å². The Morgan fingerprint density at radius 3 is 1.90 bits per heavy atom. The first-order chi connectivity index (χ1) is 3.93. The number of hydrogen-bond acceptors (Lipinski definition) is 1. The van der Waals surface area contributed by atoms with Crippen molar-refractivity contribution < 1.29 is 24.6 Å². The fourth-order valence-electron chi connectivity index (χ4n) is 0.583. The maximum absolute atomic E-state index is 8.54. The van der Waals surface area contributed by atoms with Crippen LogP contribution >= 0.6 is 0 Å². The summed E-state index contributed by atoms with van der Waals surface area (Å²) in [4.78, 5) is 0. The van der Waals surface area contributed by atoms with E-state index in [1.807, 2.05) is 30.3 Å². The summed E-state index contributed by atoms with van der Waals surface area (Å²) in [6, 6.07) is 9.52. The van der Waals surface area contributed by atoms with E-state index >= 15 is 0 Å². The molecule has 0 unspecified atom stereocenters. The zero-order chi connectivity index (χ0) is 5.82. The van der Waals surface area contributed by atoms with E-state index < -0.39 is 0 Å². The van der Waals surface area contributed by atoms with Crippen molar-refractivity contribution in [2.24, 2.45) is 0 Å². The van der Waals surface area contributed by atoms with Gasteiger partial charge < -0.3 is 12.5 Å². The first-order valence-corrected chi connectivity index (χ1v) is 2.58. The molecule has 0 heterocycles. The number of aliphatic hydroxyl groups is 1. The maximum Gasteiger partial charge on any atom is 0.0681 e. The molecule has 0 aliphatic rings. The van der Waals surface area contributed by atoms with E-state index in [4.69, 9.17) is 5.11 Å². The molecule has 1 aromatic carbocycles. The van der Waals surface area contributed by atoms with Gasteiger partial charge in [-0.15, -0.1) is 0 Å². The fraction of sp³-hybridized carbons (Fsp3) is 0.125. The molecule has 1 rings (SSSR count). The molecule has 0 atom stereocenters. The second-order valence-corrected chi connectivity index (χ2v) is 1.64. The Labute approximate surface area is 74.8 Å². The average Bonchev–Trinajstić information content (AvgIpc) is 1.90. The summed E-state index contributed by atoms with van der Waals surface area (Å²) in [6.07, 6.45) is 0. The van der Waals surface area contributed by atoms with Gasteiger partial charge in [0.1, 0.15) is 0 Å². The molecule has 0 amide bonds. The van der Waals surface area contributed by atoms with Crippen LogP contribution in [0.3, 0.4) is 0 Å². The van der Waals surface area contributed by atoms with Gasteiger partial charge in [0, 0.05) is 19.5 Å². The predicted octanol–water partition coefficient (Wildman–Crippen LogP) is 1.63. The van der Waals surface area contributed by atoms with Gasteiger partial charge in [-0.05, 0) is 5.56 Å². The average molecular weight is 189 g/mol. The van der Waals surface area contributed by atoms with Crippen molar-refractivity contribution in [3.8, 4) is 0 Å². The van der Waals surface area contributed by atoms with Gasteiger partial charge in [-0.1, -0.05) is 30.3 Å². The number of benzene rings is 1. The van der Waals surface area contributed by atoms with Gasteiger partial charge in [0.15, 0.2) is 0 Å². The molecule has 0 aromatic heterocycles. The van der Waals surface area contributed by atoms with E-state index in [9.17, 15) is 0 Å². The van der Waals surface area contributed by atoms with E-state index in [1.54, 1.807) is 0 Å². The molecule has 0 aliphatic heterocycles. The maximum atomic E-state index is 8.54. The topological polar surface area (TPSA) is 20.2 Å².